The summed E-state index contributed by atoms with van der Waals surface area (Å²) in [7, 11) is 0. The highest BCUT2D eigenvalue weighted by Gasteiger charge is 2.41. The molecule has 2 fully saturated rings. The average molecular weight is 263 g/mol. The van der Waals surface area contributed by atoms with E-state index in [9.17, 15) is 4.79 Å². The van der Waals surface area contributed by atoms with Crippen molar-refractivity contribution in [3.8, 4) is 0 Å². The number of rotatable bonds is 4. The minimum absolute atomic E-state index is 0.249. The smallest absolute Gasteiger partial charge is 0.222 e. The molecule has 1 aromatic rings. The molecule has 4 nitrogen and oxygen atoms in total. The summed E-state index contributed by atoms with van der Waals surface area (Å²) in [5, 5.41) is 0. The number of nitrogens with zero attached hydrogens (tertiary/aromatic N) is 1. The summed E-state index contributed by atoms with van der Waals surface area (Å²) in [6.45, 7) is 3.40. The van der Waals surface area contributed by atoms with Gasteiger partial charge in [0.2, 0.25) is 5.91 Å². The van der Waals surface area contributed by atoms with Crippen LogP contribution in [0.5, 0.6) is 0 Å². The van der Waals surface area contributed by atoms with E-state index in [-0.39, 0.29) is 5.41 Å². The van der Waals surface area contributed by atoms with Crippen molar-refractivity contribution in [3.05, 3.63) is 24.2 Å². The quantitative estimate of drug-likeness (QED) is 0.836. The fourth-order valence-electron chi connectivity index (χ4n) is 3.18. The van der Waals surface area contributed by atoms with E-state index < -0.39 is 0 Å². The number of furan rings is 1. The molecule has 0 unspecified atom stereocenters. The van der Waals surface area contributed by atoms with Gasteiger partial charge in [0.1, 0.15) is 5.76 Å². The number of amides is 1. The first-order chi connectivity index (χ1) is 9.27. The van der Waals surface area contributed by atoms with Gasteiger partial charge in [-0.2, -0.15) is 0 Å². The van der Waals surface area contributed by atoms with Crippen molar-refractivity contribution in [1.82, 2.24) is 4.90 Å². The van der Waals surface area contributed by atoms with E-state index in [2.05, 4.69) is 0 Å². The molecule has 0 saturated carbocycles. The highest BCUT2D eigenvalue weighted by molar-refractivity contribution is 5.77. The lowest BCUT2D eigenvalue weighted by Crippen LogP contribution is -2.47. The summed E-state index contributed by atoms with van der Waals surface area (Å²) in [6.07, 6.45) is 6.36. The molecule has 2 aliphatic rings. The average Bonchev–Trinajstić information content (AvgIpc) is 3.06. The molecule has 104 valence electrons. The van der Waals surface area contributed by atoms with Gasteiger partial charge in [-0.3, -0.25) is 4.79 Å². The maximum Gasteiger partial charge on any atom is 0.222 e. The number of hydrogen-bond donors (Lipinski definition) is 0. The van der Waals surface area contributed by atoms with Gasteiger partial charge in [0, 0.05) is 38.0 Å². The molecule has 0 N–H and O–H groups in total. The fraction of sp³-hybridized carbons (Fsp3) is 0.667. The van der Waals surface area contributed by atoms with Crippen molar-refractivity contribution < 1.29 is 13.9 Å². The molecule has 0 aliphatic carbocycles. The van der Waals surface area contributed by atoms with E-state index in [0.29, 0.717) is 12.3 Å². The standard InChI is InChI=1S/C15H21NO3/c17-14-5-6-15(7-10-18-12-15)11-16(14)8-1-3-13-4-2-9-19-13/h2,4,9H,1,3,5-8,10-12H2/t15-/m0/s1. The van der Waals surface area contributed by atoms with Gasteiger partial charge in [0.05, 0.1) is 12.9 Å². The SMILES string of the molecule is O=C1CC[C@]2(CCOC2)CN1CCCc1ccco1. The van der Waals surface area contributed by atoms with E-state index >= 15 is 0 Å². The molecule has 1 aromatic heterocycles. The Morgan fingerprint density at radius 1 is 1.37 bits per heavy atom. The van der Waals surface area contributed by atoms with Crippen LogP contribution in [0.25, 0.3) is 0 Å². The molecule has 3 heterocycles. The Balaban J connectivity index is 1.52. The number of likely N-dealkylation sites (tertiary alicyclic amines) is 1. The van der Waals surface area contributed by atoms with E-state index in [1.807, 2.05) is 17.0 Å². The lowest BCUT2D eigenvalue weighted by atomic mass is 9.79. The number of piperidine rings is 1. The van der Waals surface area contributed by atoms with Crippen molar-refractivity contribution in [2.75, 3.05) is 26.3 Å². The second kappa shape index (κ2) is 5.37. The van der Waals surface area contributed by atoms with Crippen LogP contribution in [-0.4, -0.2) is 37.1 Å². The molecule has 0 aromatic carbocycles. The Kier molecular flexibility index (Phi) is 3.60. The van der Waals surface area contributed by atoms with Crippen LogP contribution in [0, 0.1) is 5.41 Å². The molecular formula is C15H21NO3. The summed E-state index contributed by atoms with van der Waals surface area (Å²) in [5.74, 6) is 1.31. The number of hydrogen-bond acceptors (Lipinski definition) is 3. The van der Waals surface area contributed by atoms with Crippen molar-refractivity contribution in [3.63, 3.8) is 0 Å². The van der Waals surface area contributed by atoms with E-state index in [0.717, 1.165) is 57.7 Å². The summed E-state index contributed by atoms with van der Waals surface area (Å²) in [4.78, 5) is 14.0. The van der Waals surface area contributed by atoms with Crippen molar-refractivity contribution in [2.24, 2.45) is 5.41 Å². The van der Waals surface area contributed by atoms with Crippen LogP contribution in [0.15, 0.2) is 22.8 Å². The maximum atomic E-state index is 12.0. The van der Waals surface area contributed by atoms with Gasteiger partial charge in [-0.25, -0.2) is 0 Å². The number of aryl methyl sites for hydroxylation is 1. The Labute approximate surface area is 113 Å². The topological polar surface area (TPSA) is 42.7 Å². The number of carbonyl (C=O) groups excluding carboxylic acids is 1. The van der Waals surface area contributed by atoms with E-state index in [4.69, 9.17) is 9.15 Å². The van der Waals surface area contributed by atoms with Crippen molar-refractivity contribution in [2.45, 2.75) is 32.1 Å². The van der Waals surface area contributed by atoms with Gasteiger partial charge < -0.3 is 14.1 Å². The fourth-order valence-corrected chi connectivity index (χ4v) is 3.18. The van der Waals surface area contributed by atoms with Crippen LogP contribution in [0.4, 0.5) is 0 Å². The molecule has 3 rings (SSSR count). The largest absolute Gasteiger partial charge is 0.469 e. The van der Waals surface area contributed by atoms with Gasteiger partial charge in [-0.15, -0.1) is 0 Å². The van der Waals surface area contributed by atoms with Crippen LogP contribution in [0.1, 0.15) is 31.4 Å². The van der Waals surface area contributed by atoms with Crippen molar-refractivity contribution in [1.29, 1.82) is 0 Å². The Morgan fingerprint density at radius 2 is 2.32 bits per heavy atom. The summed E-state index contributed by atoms with van der Waals surface area (Å²) in [6, 6.07) is 3.90. The van der Waals surface area contributed by atoms with Crippen molar-refractivity contribution >= 4 is 5.91 Å². The number of carbonyl (C=O) groups is 1. The normalized spacial score (nSPS) is 27.4. The first kappa shape index (κ1) is 12.7. The van der Waals surface area contributed by atoms with Gasteiger partial charge in [-0.1, -0.05) is 0 Å². The van der Waals surface area contributed by atoms with Crippen LogP contribution in [0.2, 0.25) is 0 Å². The Bertz CT molecular complexity index is 421. The highest BCUT2D eigenvalue weighted by Crippen LogP contribution is 2.38. The van der Waals surface area contributed by atoms with Crippen LogP contribution >= 0.6 is 0 Å². The monoisotopic (exact) mass is 263 g/mol. The predicted molar refractivity (Wildman–Crippen MR) is 70.7 cm³/mol. The number of ether oxygens (including phenoxy) is 1. The third-order valence-corrected chi connectivity index (χ3v) is 4.36. The third-order valence-electron chi connectivity index (χ3n) is 4.36. The summed E-state index contributed by atoms with van der Waals surface area (Å²) >= 11 is 0. The zero-order valence-corrected chi connectivity index (χ0v) is 11.3. The molecule has 0 radical (unpaired) electrons. The Hall–Kier alpha value is -1.29. The van der Waals surface area contributed by atoms with Gasteiger partial charge in [0.25, 0.3) is 0 Å². The molecule has 0 bridgehead atoms. The predicted octanol–water partition coefficient (Wildman–Crippen LogP) is 2.24. The summed E-state index contributed by atoms with van der Waals surface area (Å²) in [5.41, 5.74) is 0.249. The molecule has 2 saturated heterocycles. The van der Waals surface area contributed by atoms with Crippen LogP contribution in [-0.2, 0) is 16.0 Å². The second-order valence-corrected chi connectivity index (χ2v) is 5.80. The lowest BCUT2D eigenvalue weighted by molar-refractivity contribution is -0.137. The molecule has 4 heteroatoms. The zero-order valence-electron chi connectivity index (χ0n) is 11.3. The zero-order chi connectivity index (χ0) is 13.1. The third kappa shape index (κ3) is 2.84. The first-order valence-corrected chi connectivity index (χ1v) is 7.15. The summed E-state index contributed by atoms with van der Waals surface area (Å²) < 4.78 is 10.9. The molecule has 1 atom stereocenters. The second-order valence-electron chi connectivity index (χ2n) is 5.80. The molecule has 2 aliphatic heterocycles. The minimum Gasteiger partial charge on any atom is -0.469 e. The van der Waals surface area contributed by atoms with Gasteiger partial charge in [0.15, 0.2) is 0 Å². The van der Waals surface area contributed by atoms with Crippen LogP contribution < -0.4 is 0 Å². The maximum absolute atomic E-state index is 12.0. The lowest BCUT2D eigenvalue weighted by Gasteiger charge is -2.39. The minimum atomic E-state index is 0.249. The highest BCUT2D eigenvalue weighted by atomic mass is 16.5. The van der Waals surface area contributed by atoms with Gasteiger partial charge >= 0.3 is 0 Å². The molecular weight excluding hydrogens is 242 g/mol. The molecule has 1 spiro atoms. The van der Waals surface area contributed by atoms with E-state index in [1.165, 1.54) is 0 Å². The molecule has 1 amide bonds. The van der Waals surface area contributed by atoms with E-state index in [1.54, 1.807) is 6.26 Å². The van der Waals surface area contributed by atoms with Crippen LogP contribution in [0.3, 0.4) is 0 Å². The molecule has 19 heavy (non-hydrogen) atoms. The first-order valence-electron chi connectivity index (χ1n) is 7.15. The Morgan fingerprint density at radius 3 is 3.05 bits per heavy atom. The van der Waals surface area contributed by atoms with Gasteiger partial charge in [-0.05, 0) is 31.4 Å².